The SMILES string of the molecule is CS(=O)(=O)N1CCN(Cc2cc3c(N4CCOCC4)nc(-c4cncc(C=O)c4)nc3s2)CC1. The minimum absolute atomic E-state index is 0.481. The van der Waals surface area contributed by atoms with Gasteiger partial charge in [-0.15, -0.1) is 11.3 Å². The molecule has 0 bridgehead atoms. The first kappa shape index (κ1) is 23.2. The molecule has 180 valence electrons. The third kappa shape index (κ3) is 4.96. The number of fused-ring (bicyclic) bond motifs is 1. The molecule has 5 heterocycles. The standard InChI is InChI=1S/C22H26N6O4S2/c1-34(30,31)28-4-2-26(3-5-28)14-18-11-19-21(27-6-8-32-9-7-27)24-20(25-22(19)33-18)17-10-16(15-29)12-23-13-17/h10-13,15H,2-9,14H2,1H3. The summed E-state index contributed by atoms with van der Waals surface area (Å²) >= 11 is 1.62. The number of pyridine rings is 1. The van der Waals surface area contributed by atoms with Gasteiger partial charge in [0.2, 0.25) is 10.0 Å². The molecule has 2 aliphatic rings. The summed E-state index contributed by atoms with van der Waals surface area (Å²) in [4.78, 5) is 31.6. The monoisotopic (exact) mass is 502 g/mol. The van der Waals surface area contributed by atoms with E-state index in [0.717, 1.165) is 46.8 Å². The number of nitrogens with zero attached hydrogens (tertiary/aromatic N) is 6. The van der Waals surface area contributed by atoms with Crippen LogP contribution in [0, 0.1) is 0 Å². The average molecular weight is 503 g/mol. The van der Waals surface area contributed by atoms with Crippen LogP contribution < -0.4 is 4.90 Å². The Hall–Kier alpha value is -2.51. The van der Waals surface area contributed by atoms with Crippen molar-refractivity contribution in [3.8, 4) is 11.4 Å². The first-order chi connectivity index (χ1) is 16.4. The highest BCUT2D eigenvalue weighted by Crippen LogP contribution is 2.34. The lowest BCUT2D eigenvalue weighted by Gasteiger charge is -2.32. The zero-order chi connectivity index (χ0) is 23.7. The molecule has 2 aliphatic heterocycles. The third-order valence-corrected chi connectivity index (χ3v) is 8.38. The number of sulfonamides is 1. The number of piperazine rings is 1. The van der Waals surface area contributed by atoms with Gasteiger partial charge in [0.25, 0.3) is 0 Å². The van der Waals surface area contributed by atoms with Crippen molar-refractivity contribution in [2.45, 2.75) is 6.54 Å². The van der Waals surface area contributed by atoms with Crippen molar-refractivity contribution in [3.63, 3.8) is 0 Å². The Kier molecular flexibility index (Phi) is 6.58. The minimum atomic E-state index is -3.15. The van der Waals surface area contributed by atoms with Crippen LogP contribution in [0.3, 0.4) is 0 Å². The van der Waals surface area contributed by atoms with Gasteiger partial charge in [-0.25, -0.2) is 18.4 Å². The van der Waals surface area contributed by atoms with Gasteiger partial charge >= 0.3 is 0 Å². The number of carbonyl (C=O) groups excluding carboxylic acids is 1. The van der Waals surface area contributed by atoms with Crippen molar-refractivity contribution < 1.29 is 17.9 Å². The number of morpholine rings is 1. The third-order valence-electron chi connectivity index (χ3n) is 6.07. The molecular weight excluding hydrogens is 476 g/mol. The molecule has 0 unspecified atom stereocenters. The van der Waals surface area contributed by atoms with Crippen molar-refractivity contribution in [2.24, 2.45) is 0 Å². The van der Waals surface area contributed by atoms with E-state index in [1.807, 2.05) is 0 Å². The number of hydrogen-bond acceptors (Lipinski definition) is 10. The highest BCUT2D eigenvalue weighted by atomic mass is 32.2. The first-order valence-corrected chi connectivity index (χ1v) is 13.8. The molecule has 0 N–H and O–H groups in total. The lowest BCUT2D eigenvalue weighted by atomic mass is 10.2. The van der Waals surface area contributed by atoms with Crippen LogP contribution in [0.25, 0.3) is 21.6 Å². The number of aromatic nitrogens is 3. The van der Waals surface area contributed by atoms with Gasteiger partial charge in [-0.05, 0) is 12.1 Å². The minimum Gasteiger partial charge on any atom is -0.378 e. The maximum Gasteiger partial charge on any atom is 0.211 e. The van der Waals surface area contributed by atoms with Gasteiger partial charge in [-0.2, -0.15) is 4.31 Å². The van der Waals surface area contributed by atoms with Gasteiger partial charge in [-0.3, -0.25) is 14.7 Å². The smallest absolute Gasteiger partial charge is 0.211 e. The Bertz CT molecular complexity index is 1300. The second-order valence-electron chi connectivity index (χ2n) is 8.46. The van der Waals surface area contributed by atoms with E-state index >= 15 is 0 Å². The summed E-state index contributed by atoms with van der Waals surface area (Å²) in [5, 5.41) is 1.000. The summed E-state index contributed by atoms with van der Waals surface area (Å²) in [6.07, 6.45) is 5.22. The molecule has 3 aromatic heterocycles. The summed E-state index contributed by atoms with van der Waals surface area (Å²) < 4.78 is 30.7. The van der Waals surface area contributed by atoms with Crippen LogP contribution >= 0.6 is 11.3 Å². The second kappa shape index (κ2) is 9.62. The molecule has 0 spiro atoms. The normalized spacial score (nSPS) is 18.4. The Labute approximate surface area is 202 Å². The Balaban J connectivity index is 1.46. The number of hydrogen-bond donors (Lipinski definition) is 0. The van der Waals surface area contributed by atoms with Gasteiger partial charge in [0, 0.05) is 74.2 Å². The number of ether oxygens (including phenoxy) is 1. The molecule has 0 atom stereocenters. The fourth-order valence-corrected chi connectivity index (χ4v) is 6.15. The molecule has 0 amide bonds. The number of carbonyl (C=O) groups is 1. The molecule has 12 heteroatoms. The number of anilines is 1. The Morgan fingerprint density at radius 1 is 1.06 bits per heavy atom. The largest absolute Gasteiger partial charge is 0.378 e. The van der Waals surface area contributed by atoms with E-state index in [1.54, 1.807) is 23.6 Å². The van der Waals surface area contributed by atoms with E-state index < -0.39 is 10.0 Å². The zero-order valence-electron chi connectivity index (χ0n) is 18.9. The van der Waals surface area contributed by atoms with Crippen LogP contribution in [0.5, 0.6) is 0 Å². The zero-order valence-corrected chi connectivity index (χ0v) is 20.5. The maximum absolute atomic E-state index is 11.8. The van der Waals surface area contributed by atoms with Crippen LogP contribution in [0.2, 0.25) is 0 Å². The van der Waals surface area contributed by atoms with E-state index in [1.165, 1.54) is 16.8 Å². The molecule has 34 heavy (non-hydrogen) atoms. The summed E-state index contributed by atoms with van der Waals surface area (Å²) in [5.41, 5.74) is 1.18. The summed E-state index contributed by atoms with van der Waals surface area (Å²) in [7, 11) is -3.15. The number of rotatable bonds is 6. The topological polar surface area (TPSA) is 109 Å². The molecular formula is C22H26N6O4S2. The molecule has 0 radical (unpaired) electrons. The molecule has 10 nitrogen and oxygen atoms in total. The van der Waals surface area contributed by atoms with Crippen LogP contribution in [-0.4, -0.2) is 97.6 Å². The molecule has 3 aromatic rings. The van der Waals surface area contributed by atoms with E-state index in [2.05, 4.69) is 20.9 Å². The fourth-order valence-electron chi connectivity index (χ4n) is 4.26. The van der Waals surface area contributed by atoms with Crippen molar-refractivity contribution in [1.82, 2.24) is 24.2 Å². The van der Waals surface area contributed by atoms with Gasteiger partial charge in [0.05, 0.1) is 24.9 Å². The van der Waals surface area contributed by atoms with Crippen molar-refractivity contribution in [1.29, 1.82) is 0 Å². The second-order valence-corrected chi connectivity index (χ2v) is 11.6. The van der Waals surface area contributed by atoms with Gasteiger partial charge in [0.1, 0.15) is 10.6 Å². The van der Waals surface area contributed by atoms with Crippen LogP contribution in [0.15, 0.2) is 24.5 Å². The molecule has 0 aliphatic carbocycles. The predicted molar refractivity (Wildman–Crippen MR) is 131 cm³/mol. The van der Waals surface area contributed by atoms with E-state index in [-0.39, 0.29) is 0 Å². The first-order valence-electron chi connectivity index (χ1n) is 11.1. The quantitative estimate of drug-likeness (QED) is 0.463. The predicted octanol–water partition coefficient (Wildman–Crippen LogP) is 1.48. The molecule has 5 rings (SSSR count). The highest BCUT2D eigenvalue weighted by Gasteiger charge is 2.25. The number of thiophene rings is 1. The fraction of sp³-hybridized carbons (Fsp3) is 0.455. The lowest BCUT2D eigenvalue weighted by molar-refractivity contribution is 0.112. The molecule has 2 saturated heterocycles. The van der Waals surface area contributed by atoms with Crippen LogP contribution in [0.1, 0.15) is 15.2 Å². The maximum atomic E-state index is 11.8. The number of aldehydes is 1. The highest BCUT2D eigenvalue weighted by molar-refractivity contribution is 7.88. The van der Waals surface area contributed by atoms with Crippen LogP contribution in [-0.2, 0) is 21.3 Å². The summed E-state index contributed by atoms with van der Waals surface area (Å²) in [6, 6.07) is 3.90. The van der Waals surface area contributed by atoms with Gasteiger partial charge in [0.15, 0.2) is 12.1 Å². The van der Waals surface area contributed by atoms with Gasteiger partial charge < -0.3 is 9.64 Å². The Morgan fingerprint density at radius 3 is 2.53 bits per heavy atom. The summed E-state index contributed by atoms with van der Waals surface area (Å²) in [6.45, 7) is 5.92. The van der Waals surface area contributed by atoms with Crippen molar-refractivity contribution in [3.05, 3.63) is 35.0 Å². The molecule has 0 aromatic carbocycles. The Morgan fingerprint density at radius 2 is 1.82 bits per heavy atom. The average Bonchev–Trinajstić information content (AvgIpc) is 3.26. The molecule has 2 fully saturated rings. The van der Waals surface area contributed by atoms with Gasteiger partial charge in [-0.1, -0.05) is 0 Å². The molecule has 0 saturated carbocycles. The van der Waals surface area contributed by atoms with Crippen molar-refractivity contribution >= 4 is 43.7 Å². The lowest BCUT2D eigenvalue weighted by Crippen LogP contribution is -2.47. The van der Waals surface area contributed by atoms with E-state index in [9.17, 15) is 13.2 Å². The van der Waals surface area contributed by atoms with Crippen molar-refractivity contribution in [2.75, 3.05) is 63.6 Å². The van der Waals surface area contributed by atoms with Crippen LogP contribution in [0.4, 0.5) is 5.82 Å². The van der Waals surface area contributed by atoms with E-state index in [0.29, 0.717) is 56.3 Å². The van der Waals surface area contributed by atoms with E-state index in [4.69, 9.17) is 14.7 Å². The summed E-state index contributed by atoms with van der Waals surface area (Å²) in [5.74, 6) is 1.41.